The molecule has 0 aliphatic rings. The smallest absolute Gasteiger partial charge is 0.332 e. The van der Waals surface area contributed by atoms with E-state index in [2.05, 4.69) is 8.92 Å². The Kier molecular flexibility index (Phi) is 7.27. The Balaban J connectivity index is 3.29. The fourth-order valence-electron chi connectivity index (χ4n) is 0.729. The zero-order chi connectivity index (χ0) is 11.7. The van der Waals surface area contributed by atoms with Gasteiger partial charge < -0.3 is 9.47 Å². The Bertz CT molecular complexity index is 271. The summed E-state index contributed by atoms with van der Waals surface area (Å²) in [5.41, 5.74) is 0. The number of rotatable bonds is 8. The molecule has 0 atom stereocenters. The van der Waals surface area contributed by atoms with Crippen LogP contribution in [-0.4, -0.2) is 47.1 Å². The number of carbonyl (C=O) groups excluding carboxylic acids is 1. The highest BCUT2D eigenvalue weighted by Gasteiger charge is 2.02. The highest BCUT2D eigenvalue weighted by atomic mass is 32.2. The monoisotopic (exact) mass is 240 g/mol. The molecule has 0 spiro atoms. The van der Waals surface area contributed by atoms with Gasteiger partial charge in [-0.05, 0) is 13.3 Å². The van der Waals surface area contributed by atoms with E-state index >= 15 is 0 Å². The molecule has 6 nitrogen and oxygen atoms in total. The van der Waals surface area contributed by atoms with Crippen LogP contribution < -0.4 is 0 Å². The van der Waals surface area contributed by atoms with Crippen LogP contribution in [0.15, 0.2) is 0 Å². The van der Waals surface area contributed by atoms with Crippen molar-refractivity contribution in [3.63, 3.8) is 0 Å². The van der Waals surface area contributed by atoms with Gasteiger partial charge in [-0.15, -0.1) is 0 Å². The van der Waals surface area contributed by atoms with Crippen molar-refractivity contribution in [2.45, 2.75) is 13.3 Å². The third-order valence-electron chi connectivity index (χ3n) is 1.26. The van der Waals surface area contributed by atoms with Gasteiger partial charge in [-0.25, -0.2) is 4.79 Å². The minimum absolute atomic E-state index is 0.0572. The minimum Gasteiger partial charge on any atom is -0.464 e. The van der Waals surface area contributed by atoms with Gasteiger partial charge in [-0.2, -0.15) is 8.42 Å². The maximum absolute atomic E-state index is 10.8. The van der Waals surface area contributed by atoms with Gasteiger partial charge in [0, 0.05) is 6.61 Å². The lowest BCUT2D eigenvalue weighted by Crippen LogP contribution is -2.14. The van der Waals surface area contributed by atoms with Gasteiger partial charge in [0.2, 0.25) is 0 Å². The molecule has 0 bridgehead atoms. The van der Waals surface area contributed by atoms with E-state index < -0.39 is 16.1 Å². The van der Waals surface area contributed by atoms with Gasteiger partial charge in [0.1, 0.15) is 6.61 Å². The fraction of sp³-hybridized carbons (Fsp3) is 0.875. The molecule has 0 saturated carbocycles. The quantitative estimate of drug-likeness (QED) is 0.336. The van der Waals surface area contributed by atoms with Gasteiger partial charge >= 0.3 is 5.97 Å². The van der Waals surface area contributed by atoms with Gasteiger partial charge in [0.15, 0.2) is 0 Å². The van der Waals surface area contributed by atoms with Gasteiger partial charge in [-0.3, -0.25) is 4.18 Å². The molecule has 0 aromatic carbocycles. The molecule has 0 rings (SSSR count). The molecule has 0 aromatic heterocycles. The van der Waals surface area contributed by atoms with Crippen molar-refractivity contribution in [2.75, 3.05) is 32.7 Å². The molecule has 0 aromatic rings. The largest absolute Gasteiger partial charge is 0.464 e. The molecule has 0 unspecified atom stereocenters. The number of hydrogen-bond donors (Lipinski definition) is 0. The predicted octanol–water partition coefficient (Wildman–Crippen LogP) is -0.0676. The first-order valence-corrected chi connectivity index (χ1v) is 6.35. The van der Waals surface area contributed by atoms with Crippen molar-refractivity contribution >= 4 is 16.1 Å². The van der Waals surface area contributed by atoms with E-state index in [0.29, 0.717) is 13.0 Å². The highest BCUT2D eigenvalue weighted by Crippen LogP contribution is 1.91. The Labute approximate surface area is 89.6 Å². The van der Waals surface area contributed by atoms with Crippen LogP contribution in [0.25, 0.3) is 0 Å². The summed E-state index contributed by atoms with van der Waals surface area (Å²) in [6, 6.07) is 0. The van der Waals surface area contributed by atoms with E-state index in [1.807, 2.05) is 0 Å². The van der Waals surface area contributed by atoms with Crippen LogP contribution in [0.2, 0.25) is 0 Å². The van der Waals surface area contributed by atoms with Crippen LogP contribution in [0.4, 0.5) is 0 Å². The van der Waals surface area contributed by atoms with E-state index in [4.69, 9.17) is 4.74 Å². The van der Waals surface area contributed by atoms with Crippen molar-refractivity contribution in [3.05, 3.63) is 0 Å². The number of carbonyl (C=O) groups is 1. The number of hydrogen-bond acceptors (Lipinski definition) is 6. The van der Waals surface area contributed by atoms with Crippen molar-refractivity contribution in [1.29, 1.82) is 0 Å². The first-order valence-electron chi connectivity index (χ1n) is 4.53. The van der Waals surface area contributed by atoms with Crippen LogP contribution in [0.5, 0.6) is 0 Å². The lowest BCUT2D eigenvalue weighted by molar-refractivity contribution is -0.148. The molecule has 90 valence electrons. The Morgan fingerprint density at radius 2 is 1.93 bits per heavy atom. The second-order valence-electron chi connectivity index (χ2n) is 2.74. The third kappa shape index (κ3) is 11.3. The van der Waals surface area contributed by atoms with Crippen LogP contribution in [0.1, 0.15) is 13.3 Å². The molecule has 0 N–H and O–H groups in total. The minimum atomic E-state index is -3.38. The molecule has 0 aliphatic heterocycles. The molecular formula is C8H16O6S. The Hall–Kier alpha value is -0.660. The molecule has 15 heavy (non-hydrogen) atoms. The van der Waals surface area contributed by atoms with E-state index in [0.717, 1.165) is 6.26 Å². The topological polar surface area (TPSA) is 78.9 Å². The molecule has 0 radical (unpaired) electrons. The summed E-state index contributed by atoms with van der Waals surface area (Å²) in [5.74, 6) is -0.429. The number of esters is 1. The normalized spacial score (nSPS) is 11.3. The predicted molar refractivity (Wildman–Crippen MR) is 52.9 cm³/mol. The van der Waals surface area contributed by atoms with Crippen LogP contribution in [0.3, 0.4) is 0 Å². The number of ether oxygens (including phenoxy) is 2. The van der Waals surface area contributed by atoms with Crippen molar-refractivity contribution < 1.29 is 26.9 Å². The van der Waals surface area contributed by atoms with Crippen molar-refractivity contribution in [3.8, 4) is 0 Å². The molecular weight excluding hydrogens is 224 g/mol. The first-order chi connectivity index (χ1) is 6.95. The summed E-state index contributed by atoms with van der Waals surface area (Å²) in [7, 11) is -3.38. The maximum atomic E-state index is 10.8. The molecule has 0 aliphatic carbocycles. The molecule has 7 heteroatoms. The summed E-state index contributed by atoms with van der Waals surface area (Å²) >= 11 is 0. The standard InChI is InChI=1S/C8H16O6S/c1-3-13-8(9)7-12-5-4-6-14-15(2,10)11/h3-7H2,1-2H3. The maximum Gasteiger partial charge on any atom is 0.332 e. The Morgan fingerprint density at radius 3 is 2.47 bits per heavy atom. The second kappa shape index (κ2) is 7.61. The average Bonchev–Trinajstić information content (AvgIpc) is 2.09. The Morgan fingerprint density at radius 1 is 1.27 bits per heavy atom. The SMILES string of the molecule is CCOC(=O)COCCCOS(C)(=O)=O. The summed E-state index contributed by atoms with van der Waals surface area (Å²) in [6.07, 6.45) is 1.39. The zero-order valence-corrected chi connectivity index (χ0v) is 9.71. The molecule has 0 heterocycles. The molecule has 0 saturated heterocycles. The molecule has 0 fully saturated rings. The van der Waals surface area contributed by atoms with Crippen molar-refractivity contribution in [2.24, 2.45) is 0 Å². The summed E-state index contributed by atoms with van der Waals surface area (Å²) in [5, 5.41) is 0. The fourth-order valence-corrected chi connectivity index (χ4v) is 1.15. The summed E-state index contributed by atoms with van der Waals surface area (Å²) in [4.78, 5) is 10.8. The molecule has 0 amide bonds. The highest BCUT2D eigenvalue weighted by molar-refractivity contribution is 7.85. The second-order valence-corrected chi connectivity index (χ2v) is 4.38. The van der Waals surface area contributed by atoms with Gasteiger partial charge in [0.05, 0.1) is 19.5 Å². The zero-order valence-electron chi connectivity index (χ0n) is 8.89. The van der Waals surface area contributed by atoms with Crippen LogP contribution in [-0.2, 0) is 28.6 Å². The summed E-state index contributed by atoms with van der Waals surface area (Å²) in [6.45, 7) is 2.22. The van der Waals surface area contributed by atoms with Gasteiger partial charge in [-0.1, -0.05) is 0 Å². The first kappa shape index (κ1) is 14.3. The average molecular weight is 240 g/mol. The van der Waals surface area contributed by atoms with E-state index in [9.17, 15) is 13.2 Å². The van der Waals surface area contributed by atoms with Crippen LogP contribution in [0, 0.1) is 0 Å². The van der Waals surface area contributed by atoms with Crippen LogP contribution >= 0.6 is 0 Å². The van der Waals surface area contributed by atoms with Crippen molar-refractivity contribution in [1.82, 2.24) is 0 Å². The van der Waals surface area contributed by atoms with Gasteiger partial charge in [0.25, 0.3) is 10.1 Å². The lowest BCUT2D eigenvalue weighted by atomic mass is 10.5. The van der Waals surface area contributed by atoms with E-state index in [1.54, 1.807) is 6.92 Å². The van der Waals surface area contributed by atoms with E-state index in [-0.39, 0.29) is 19.8 Å². The summed E-state index contributed by atoms with van der Waals surface area (Å²) < 4.78 is 35.0. The van der Waals surface area contributed by atoms with E-state index in [1.165, 1.54) is 0 Å². The lowest BCUT2D eigenvalue weighted by Gasteiger charge is -2.03. The third-order valence-corrected chi connectivity index (χ3v) is 1.85.